The van der Waals surface area contributed by atoms with Crippen molar-refractivity contribution in [2.75, 3.05) is 19.8 Å². The summed E-state index contributed by atoms with van der Waals surface area (Å²) in [6.07, 6.45) is 3.50. The third kappa shape index (κ3) is 2.44. The van der Waals surface area contributed by atoms with Crippen LogP contribution in [-0.2, 0) is 4.74 Å². The number of rotatable bonds is 2. The molecule has 1 atom stereocenters. The van der Waals surface area contributed by atoms with Gasteiger partial charge in [-0.1, -0.05) is 6.07 Å². The van der Waals surface area contributed by atoms with E-state index in [0.717, 1.165) is 11.2 Å². The van der Waals surface area contributed by atoms with Crippen molar-refractivity contribution in [3.8, 4) is 0 Å². The van der Waals surface area contributed by atoms with Crippen LogP contribution in [0, 0.1) is 13.8 Å². The Balaban J connectivity index is 1.71. The Hall–Kier alpha value is -2.74. The normalized spacial score (nSPS) is 18.2. The lowest BCUT2D eigenvalue weighted by Crippen LogP contribution is -2.44. The number of aryl methyl sites for hydroxylation is 2. The van der Waals surface area contributed by atoms with E-state index in [4.69, 9.17) is 9.15 Å². The number of hydrogen-bond acceptors (Lipinski definition) is 6. The van der Waals surface area contributed by atoms with Gasteiger partial charge in [-0.25, -0.2) is 4.98 Å². The first kappa shape index (κ1) is 14.8. The molecule has 24 heavy (non-hydrogen) atoms. The number of amides is 1. The van der Waals surface area contributed by atoms with E-state index in [1.165, 1.54) is 0 Å². The first-order valence-electron chi connectivity index (χ1n) is 7.76. The highest BCUT2D eigenvalue weighted by Gasteiger charge is 2.34. The lowest BCUT2D eigenvalue weighted by molar-refractivity contribution is -0.0109. The summed E-state index contributed by atoms with van der Waals surface area (Å²) in [6.45, 7) is 4.98. The van der Waals surface area contributed by atoms with Crippen LogP contribution in [0.4, 0.5) is 0 Å². The number of hydrogen-bond donors (Lipinski definition) is 0. The van der Waals surface area contributed by atoms with E-state index < -0.39 is 0 Å². The van der Waals surface area contributed by atoms with Gasteiger partial charge < -0.3 is 14.1 Å². The molecule has 1 fully saturated rings. The van der Waals surface area contributed by atoms with Crippen LogP contribution in [-0.4, -0.2) is 50.1 Å². The van der Waals surface area contributed by atoms with Crippen molar-refractivity contribution >= 4 is 11.6 Å². The first-order valence-corrected chi connectivity index (χ1v) is 7.76. The maximum absolute atomic E-state index is 13.1. The van der Waals surface area contributed by atoms with Gasteiger partial charge in [-0.05, 0) is 18.6 Å². The van der Waals surface area contributed by atoms with Gasteiger partial charge in [0.2, 0.25) is 11.8 Å². The second kappa shape index (κ2) is 5.72. The molecule has 0 aromatic carbocycles. The molecular formula is C16H17N5O3. The molecule has 1 amide bonds. The summed E-state index contributed by atoms with van der Waals surface area (Å²) in [4.78, 5) is 19.1. The van der Waals surface area contributed by atoms with Gasteiger partial charge in [0.15, 0.2) is 0 Å². The van der Waals surface area contributed by atoms with Crippen LogP contribution in [0.2, 0.25) is 0 Å². The van der Waals surface area contributed by atoms with E-state index in [1.54, 1.807) is 18.0 Å². The minimum absolute atomic E-state index is 0.128. The summed E-state index contributed by atoms with van der Waals surface area (Å²) in [6, 6.07) is 3.47. The van der Waals surface area contributed by atoms with Gasteiger partial charge >= 0.3 is 0 Å². The Morgan fingerprint density at radius 2 is 2.17 bits per heavy atom. The number of nitrogens with zero attached hydrogens (tertiary/aromatic N) is 5. The number of imidazole rings is 1. The fraction of sp³-hybridized carbons (Fsp3) is 0.375. The fourth-order valence-corrected chi connectivity index (χ4v) is 2.89. The van der Waals surface area contributed by atoms with Gasteiger partial charge in [-0.2, -0.15) is 0 Å². The molecule has 0 saturated carbocycles. The maximum atomic E-state index is 13.1. The van der Waals surface area contributed by atoms with Crippen LogP contribution < -0.4 is 0 Å². The Morgan fingerprint density at radius 1 is 1.29 bits per heavy atom. The monoisotopic (exact) mass is 327 g/mol. The van der Waals surface area contributed by atoms with Gasteiger partial charge in [0, 0.05) is 19.7 Å². The van der Waals surface area contributed by atoms with Crippen molar-refractivity contribution in [3.63, 3.8) is 0 Å². The Kier molecular flexibility index (Phi) is 3.53. The molecule has 8 nitrogen and oxygen atoms in total. The van der Waals surface area contributed by atoms with Crippen LogP contribution >= 0.6 is 0 Å². The van der Waals surface area contributed by atoms with Crippen molar-refractivity contribution in [2.24, 2.45) is 0 Å². The summed E-state index contributed by atoms with van der Waals surface area (Å²) >= 11 is 0. The molecule has 0 radical (unpaired) electrons. The number of fused-ring (bicyclic) bond motifs is 1. The van der Waals surface area contributed by atoms with Crippen LogP contribution in [0.1, 0.15) is 33.9 Å². The van der Waals surface area contributed by atoms with Crippen LogP contribution in [0.5, 0.6) is 0 Å². The van der Waals surface area contributed by atoms with Crippen molar-refractivity contribution in [2.45, 2.75) is 19.9 Å². The predicted molar refractivity (Wildman–Crippen MR) is 83.6 cm³/mol. The molecule has 8 heteroatoms. The Labute approximate surface area is 138 Å². The van der Waals surface area contributed by atoms with Crippen molar-refractivity contribution < 1.29 is 13.9 Å². The standard InChI is InChI=1S/C16H17N5O3/c1-10-3-4-14-17-7-12(21(14)8-10)16(22)20-5-6-23-9-13(20)15-19-18-11(2)24-15/h3-4,7-8,13H,5-6,9H2,1-2H3/t13-/m1/s1. The van der Waals surface area contributed by atoms with Crippen LogP contribution in [0.15, 0.2) is 28.9 Å². The number of aromatic nitrogens is 4. The molecule has 0 N–H and O–H groups in total. The molecule has 0 spiro atoms. The average molecular weight is 327 g/mol. The van der Waals surface area contributed by atoms with E-state index in [2.05, 4.69) is 15.2 Å². The topological polar surface area (TPSA) is 85.8 Å². The van der Waals surface area contributed by atoms with E-state index in [9.17, 15) is 4.79 Å². The first-order chi connectivity index (χ1) is 11.6. The molecule has 1 saturated heterocycles. The fourth-order valence-electron chi connectivity index (χ4n) is 2.89. The largest absolute Gasteiger partial charge is 0.423 e. The SMILES string of the molecule is Cc1ccc2ncc(C(=O)N3CCOC[C@@H]3c3nnc(C)o3)n2c1. The van der Waals surface area contributed by atoms with Gasteiger partial charge in [0.05, 0.1) is 19.4 Å². The summed E-state index contributed by atoms with van der Waals surface area (Å²) in [5, 5.41) is 7.90. The molecule has 4 rings (SSSR count). The summed E-state index contributed by atoms with van der Waals surface area (Å²) < 4.78 is 12.8. The third-order valence-corrected chi connectivity index (χ3v) is 4.09. The van der Waals surface area contributed by atoms with Crippen LogP contribution in [0.25, 0.3) is 5.65 Å². The predicted octanol–water partition coefficient (Wildman–Crippen LogP) is 1.55. The van der Waals surface area contributed by atoms with Gasteiger partial charge in [-0.15, -0.1) is 10.2 Å². The lowest BCUT2D eigenvalue weighted by Gasteiger charge is -2.33. The second-order valence-electron chi connectivity index (χ2n) is 5.83. The van der Waals surface area contributed by atoms with Gasteiger partial charge in [-0.3, -0.25) is 9.20 Å². The molecule has 3 aromatic heterocycles. The number of ether oxygens (including phenoxy) is 1. The van der Waals surface area contributed by atoms with Gasteiger partial charge in [0.1, 0.15) is 17.4 Å². The minimum Gasteiger partial charge on any atom is -0.423 e. The molecule has 124 valence electrons. The zero-order valence-electron chi connectivity index (χ0n) is 13.5. The number of carbonyl (C=O) groups is 1. The Morgan fingerprint density at radius 3 is 2.96 bits per heavy atom. The van der Waals surface area contributed by atoms with E-state index >= 15 is 0 Å². The quantitative estimate of drug-likeness (QED) is 0.710. The van der Waals surface area contributed by atoms with E-state index in [1.807, 2.05) is 29.7 Å². The molecule has 1 aliphatic heterocycles. The number of morpholine rings is 1. The van der Waals surface area contributed by atoms with Gasteiger partial charge in [0.25, 0.3) is 5.91 Å². The number of pyridine rings is 1. The molecule has 0 unspecified atom stereocenters. The highest BCUT2D eigenvalue weighted by molar-refractivity contribution is 5.93. The van der Waals surface area contributed by atoms with Crippen molar-refractivity contribution in [1.29, 1.82) is 0 Å². The summed E-state index contributed by atoms with van der Waals surface area (Å²) in [7, 11) is 0. The number of carbonyl (C=O) groups excluding carboxylic acids is 1. The van der Waals surface area contributed by atoms with Crippen molar-refractivity contribution in [1.82, 2.24) is 24.5 Å². The molecule has 0 bridgehead atoms. The van der Waals surface area contributed by atoms with Crippen LogP contribution in [0.3, 0.4) is 0 Å². The highest BCUT2D eigenvalue weighted by Crippen LogP contribution is 2.25. The lowest BCUT2D eigenvalue weighted by atomic mass is 10.2. The average Bonchev–Trinajstić information content (AvgIpc) is 3.20. The highest BCUT2D eigenvalue weighted by atomic mass is 16.5. The smallest absolute Gasteiger partial charge is 0.273 e. The molecule has 3 aromatic rings. The zero-order chi connectivity index (χ0) is 16.7. The molecule has 4 heterocycles. The summed E-state index contributed by atoms with van der Waals surface area (Å²) in [5.74, 6) is 0.733. The summed E-state index contributed by atoms with van der Waals surface area (Å²) in [5.41, 5.74) is 2.31. The second-order valence-corrected chi connectivity index (χ2v) is 5.83. The molecule has 1 aliphatic rings. The van der Waals surface area contributed by atoms with Crippen molar-refractivity contribution in [3.05, 3.63) is 47.6 Å². The molecule has 0 aliphatic carbocycles. The van der Waals surface area contributed by atoms with E-state index in [-0.39, 0.29) is 11.9 Å². The minimum atomic E-state index is -0.386. The maximum Gasteiger partial charge on any atom is 0.273 e. The van der Waals surface area contributed by atoms with E-state index in [0.29, 0.717) is 37.2 Å². The zero-order valence-corrected chi connectivity index (χ0v) is 13.5. The Bertz CT molecular complexity index is 900. The third-order valence-electron chi connectivity index (χ3n) is 4.09. The molecular weight excluding hydrogens is 310 g/mol.